The van der Waals surface area contributed by atoms with Crippen molar-refractivity contribution in [2.45, 2.75) is 36.8 Å². The number of carbonyl (C=O) groups is 1. The van der Waals surface area contributed by atoms with Gasteiger partial charge in [-0.1, -0.05) is 74.0 Å². The van der Waals surface area contributed by atoms with Gasteiger partial charge in [-0.15, -0.1) is 0 Å². The Hall–Kier alpha value is -2.48. The van der Waals surface area contributed by atoms with Gasteiger partial charge in [-0.05, 0) is 59.6 Å². The van der Waals surface area contributed by atoms with Gasteiger partial charge in [0.05, 0.1) is 10.6 Å². The van der Waals surface area contributed by atoms with Crippen LogP contribution in [0.3, 0.4) is 0 Å². The lowest BCUT2D eigenvalue weighted by atomic mass is 10.0. The molecule has 5 nitrogen and oxygen atoms in total. The average Bonchev–Trinajstić information content (AvgIpc) is 2.86. The second kappa shape index (κ2) is 13.0. The lowest BCUT2D eigenvalue weighted by Gasteiger charge is -2.24. The van der Waals surface area contributed by atoms with E-state index in [1.807, 2.05) is 36.4 Å². The molecule has 0 saturated carbocycles. The first-order valence-electron chi connectivity index (χ1n) is 11.5. The van der Waals surface area contributed by atoms with Gasteiger partial charge in [-0.2, -0.15) is 11.8 Å². The Balaban J connectivity index is 1.60. The van der Waals surface area contributed by atoms with E-state index >= 15 is 0 Å². The zero-order valence-corrected chi connectivity index (χ0v) is 22.4. The monoisotopic (exact) mass is 530 g/mol. The molecule has 0 aliphatic rings. The van der Waals surface area contributed by atoms with Gasteiger partial charge in [0.25, 0.3) is 10.0 Å². The van der Waals surface area contributed by atoms with Crippen LogP contribution in [0.1, 0.15) is 37.3 Å². The van der Waals surface area contributed by atoms with Gasteiger partial charge in [-0.3, -0.25) is 9.10 Å². The largest absolute Gasteiger partial charge is 0.354 e. The maximum Gasteiger partial charge on any atom is 0.264 e. The summed E-state index contributed by atoms with van der Waals surface area (Å²) in [6.07, 6.45) is 0.773. The fraction of sp³-hybridized carbons (Fsp3) is 0.296. The minimum absolute atomic E-state index is 0.150. The van der Waals surface area contributed by atoms with Crippen LogP contribution in [0.25, 0.3) is 0 Å². The first kappa shape index (κ1) is 27.1. The van der Waals surface area contributed by atoms with Crippen LogP contribution in [0.15, 0.2) is 83.8 Å². The van der Waals surface area contributed by atoms with E-state index in [4.69, 9.17) is 11.6 Å². The maximum atomic E-state index is 13.4. The molecule has 8 heteroatoms. The van der Waals surface area contributed by atoms with Crippen LogP contribution >= 0.6 is 23.4 Å². The molecule has 35 heavy (non-hydrogen) atoms. The molecule has 3 aromatic carbocycles. The number of hydrogen-bond acceptors (Lipinski definition) is 4. The highest BCUT2D eigenvalue weighted by molar-refractivity contribution is 7.98. The van der Waals surface area contributed by atoms with Crippen LogP contribution in [-0.2, 0) is 20.6 Å². The van der Waals surface area contributed by atoms with E-state index in [-0.39, 0.29) is 17.3 Å². The van der Waals surface area contributed by atoms with E-state index in [1.165, 1.54) is 4.31 Å². The number of hydrogen-bond donors (Lipinski definition) is 1. The summed E-state index contributed by atoms with van der Waals surface area (Å²) >= 11 is 7.93. The third kappa shape index (κ3) is 7.75. The summed E-state index contributed by atoms with van der Waals surface area (Å²) in [6, 6.07) is 23.3. The summed E-state index contributed by atoms with van der Waals surface area (Å²) in [5.74, 6) is 1.65. The maximum absolute atomic E-state index is 13.4. The number of sulfonamides is 1. The molecule has 0 radical (unpaired) electrons. The molecule has 0 aliphatic carbocycles. The average molecular weight is 531 g/mol. The van der Waals surface area contributed by atoms with Gasteiger partial charge in [0, 0.05) is 17.3 Å². The van der Waals surface area contributed by atoms with Crippen LogP contribution in [-0.4, -0.2) is 33.2 Å². The minimum atomic E-state index is -3.90. The minimum Gasteiger partial charge on any atom is -0.354 e. The van der Waals surface area contributed by atoms with Crippen molar-refractivity contribution in [1.29, 1.82) is 0 Å². The van der Waals surface area contributed by atoms with Crippen molar-refractivity contribution in [2.24, 2.45) is 0 Å². The molecule has 3 aromatic rings. The summed E-state index contributed by atoms with van der Waals surface area (Å²) in [5, 5.41) is 3.62. The van der Waals surface area contributed by atoms with Gasteiger partial charge in [0.2, 0.25) is 5.91 Å². The molecule has 0 heterocycles. The lowest BCUT2D eigenvalue weighted by Crippen LogP contribution is -2.41. The van der Waals surface area contributed by atoms with Crippen molar-refractivity contribution < 1.29 is 13.2 Å². The van der Waals surface area contributed by atoms with Crippen molar-refractivity contribution in [2.75, 3.05) is 23.1 Å². The summed E-state index contributed by atoms with van der Waals surface area (Å²) < 4.78 is 28.0. The smallest absolute Gasteiger partial charge is 0.264 e. The molecular weight excluding hydrogens is 500 g/mol. The van der Waals surface area contributed by atoms with Crippen molar-refractivity contribution in [3.63, 3.8) is 0 Å². The van der Waals surface area contributed by atoms with Crippen LogP contribution < -0.4 is 9.62 Å². The molecule has 0 saturated heterocycles. The van der Waals surface area contributed by atoms with Crippen molar-refractivity contribution in [1.82, 2.24) is 5.32 Å². The number of anilines is 1. The fourth-order valence-electron chi connectivity index (χ4n) is 3.45. The SMILES string of the molecule is CC(C)c1ccc(N(CC(=O)NCCCSCc2ccccc2Cl)S(=O)(=O)c2ccccc2)cc1. The summed E-state index contributed by atoms with van der Waals surface area (Å²) in [4.78, 5) is 12.9. The van der Waals surface area contributed by atoms with E-state index in [9.17, 15) is 13.2 Å². The van der Waals surface area contributed by atoms with Crippen LogP contribution in [0.5, 0.6) is 0 Å². The predicted molar refractivity (Wildman–Crippen MR) is 147 cm³/mol. The highest BCUT2D eigenvalue weighted by Gasteiger charge is 2.27. The lowest BCUT2D eigenvalue weighted by molar-refractivity contribution is -0.119. The highest BCUT2D eigenvalue weighted by Crippen LogP contribution is 2.26. The Labute approximate surface area is 217 Å². The number of thioether (sulfide) groups is 1. The van der Waals surface area contributed by atoms with E-state index < -0.39 is 10.0 Å². The van der Waals surface area contributed by atoms with Crippen molar-refractivity contribution in [3.05, 3.63) is 95.0 Å². The zero-order valence-electron chi connectivity index (χ0n) is 20.0. The first-order valence-corrected chi connectivity index (χ1v) is 14.5. The first-order chi connectivity index (χ1) is 16.8. The normalized spacial score (nSPS) is 11.4. The Kier molecular flexibility index (Phi) is 10.1. The Bertz CT molecular complexity index is 1200. The fourth-order valence-corrected chi connectivity index (χ4v) is 6.13. The molecule has 0 aromatic heterocycles. The highest BCUT2D eigenvalue weighted by atomic mass is 35.5. The number of amides is 1. The van der Waals surface area contributed by atoms with Gasteiger partial charge < -0.3 is 5.32 Å². The van der Waals surface area contributed by atoms with E-state index in [0.717, 1.165) is 34.1 Å². The van der Waals surface area contributed by atoms with Crippen LogP contribution in [0, 0.1) is 0 Å². The molecule has 0 unspecified atom stereocenters. The van der Waals surface area contributed by atoms with Crippen LogP contribution in [0.2, 0.25) is 5.02 Å². The predicted octanol–water partition coefficient (Wildman–Crippen LogP) is 6.10. The summed E-state index contributed by atoms with van der Waals surface area (Å²) in [6.45, 7) is 4.34. The topological polar surface area (TPSA) is 66.5 Å². The number of nitrogens with zero attached hydrogens (tertiary/aromatic N) is 1. The molecular formula is C27H31ClN2O3S2. The second-order valence-electron chi connectivity index (χ2n) is 8.42. The molecule has 186 valence electrons. The van der Waals surface area contributed by atoms with E-state index in [0.29, 0.717) is 18.2 Å². The molecule has 0 atom stereocenters. The number of carbonyl (C=O) groups excluding carboxylic acids is 1. The van der Waals surface area contributed by atoms with Gasteiger partial charge >= 0.3 is 0 Å². The Morgan fingerprint density at radius 2 is 1.63 bits per heavy atom. The molecule has 0 spiro atoms. The second-order valence-corrected chi connectivity index (χ2v) is 11.8. The third-order valence-corrected chi connectivity index (χ3v) is 8.72. The third-order valence-electron chi connectivity index (χ3n) is 5.47. The van der Waals surface area contributed by atoms with Gasteiger partial charge in [-0.25, -0.2) is 8.42 Å². The number of benzene rings is 3. The molecule has 0 aliphatic heterocycles. The standard InChI is InChI=1S/C27H31ClN2O3S2/c1-21(2)22-13-15-24(16-14-22)30(35(32,33)25-10-4-3-5-11-25)19-27(31)29-17-8-18-34-20-23-9-6-7-12-26(23)28/h3-7,9-16,21H,8,17-20H2,1-2H3,(H,29,31). The molecule has 3 rings (SSSR count). The summed E-state index contributed by atoms with van der Waals surface area (Å²) in [5.41, 5.74) is 2.65. The number of nitrogens with one attached hydrogen (secondary N) is 1. The summed E-state index contributed by atoms with van der Waals surface area (Å²) in [7, 11) is -3.90. The van der Waals surface area contributed by atoms with Crippen LogP contribution in [0.4, 0.5) is 5.69 Å². The van der Waals surface area contributed by atoms with Gasteiger partial charge in [0.1, 0.15) is 6.54 Å². The van der Waals surface area contributed by atoms with Gasteiger partial charge in [0.15, 0.2) is 0 Å². The molecule has 1 N–H and O–H groups in total. The van der Waals surface area contributed by atoms with E-state index in [1.54, 1.807) is 54.2 Å². The molecule has 1 amide bonds. The Morgan fingerprint density at radius 3 is 2.29 bits per heavy atom. The molecule has 0 fully saturated rings. The van der Waals surface area contributed by atoms with E-state index in [2.05, 4.69) is 19.2 Å². The number of halogens is 1. The molecule has 0 bridgehead atoms. The van der Waals surface area contributed by atoms with Crippen molar-refractivity contribution >= 4 is 45.0 Å². The number of rotatable bonds is 12. The Morgan fingerprint density at radius 1 is 0.971 bits per heavy atom. The quantitative estimate of drug-likeness (QED) is 0.287. The zero-order chi connectivity index (χ0) is 25.3. The van der Waals surface area contributed by atoms with Crippen molar-refractivity contribution in [3.8, 4) is 0 Å².